The van der Waals surface area contributed by atoms with Crippen LogP contribution in [0.15, 0.2) is 28.7 Å². The zero-order valence-electron chi connectivity index (χ0n) is 9.38. The van der Waals surface area contributed by atoms with Crippen LogP contribution in [0.25, 0.3) is 0 Å². The summed E-state index contributed by atoms with van der Waals surface area (Å²) in [5.41, 5.74) is -1.28. The summed E-state index contributed by atoms with van der Waals surface area (Å²) in [6, 6.07) is 4.29. The van der Waals surface area contributed by atoms with E-state index in [1.807, 2.05) is 0 Å². The first-order chi connectivity index (χ1) is 9.25. The van der Waals surface area contributed by atoms with Crippen LogP contribution in [0.1, 0.15) is 5.69 Å². The van der Waals surface area contributed by atoms with Gasteiger partial charge in [-0.1, -0.05) is 15.9 Å². The highest BCUT2D eigenvalue weighted by molar-refractivity contribution is 9.10. The van der Waals surface area contributed by atoms with Crippen molar-refractivity contribution in [3.8, 4) is 11.6 Å². The Kier molecular flexibility index (Phi) is 4.14. The van der Waals surface area contributed by atoms with Crippen molar-refractivity contribution >= 4 is 27.5 Å². The second kappa shape index (κ2) is 5.53. The van der Waals surface area contributed by atoms with E-state index in [9.17, 15) is 17.6 Å². The van der Waals surface area contributed by atoms with Crippen molar-refractivity contribution in [3.63, 3.8) is 0 Å². The standard InChI is InChI=1S/C11H4BrClF4N2O/c12-5-1-2-6(14)7(3-5)20-9-4-8(11(15,16)17)18-10(13)19-9/h1-4H. The van der Waals surface area contributed by atoms with Crippen LogP contribution in [0.5, 0.6) is 11.6 Å². The lowest BCUT2D eigenvalue weighted by molar-refractivity contribution is -0.141. The quantitative estimate of drug-likeness (QED) is 0.559. The molecule has 0 unspecified atom stereocenters. The number of halogens is 6. The number of aromatic nitrogens is 2. The van der Waals surface area contributed by atoms with E-state index in [0.717, 1.165) is 6.07 Å². The molecule has 0 atom stereocenters. The fourth-order valence-corrected chi connectivity index (χ4v) is 1.78. The fourth-order valence-electron chi connectivity index (χ4n) is 1.26. The normalized spacial score (nSPS) is 11.5. The Labute approximate surface area is 123 Å². The first-order valence-corrected chi connectivity index (χ1v) is 6.17. The van der Waals surface area contributed by atoms with Crippen molar-refractivity contribution < 1.29 is 22.3 Å². The van der Waals surface area contributed by atoms with E-state index in [0.29, 0.717) is 10.5 Å². The monoisotopic (exact) mass is 370 g/mol. The molecule has 2 aromatic rings. The zero-order chi connectivity index (χ0) is 14.9. The Hall–Kier alpha value is -1.41. The average Bonchev–Trinajstić information content (AvgIpc) is 2.32. The molecule has 1 aromatic heterocycles. The van der Waals surface area contributed by atoms with Crippen LogP contribution in [0.3, 0.4) is 0 Å². The molecule has 2 rings (SSSR count). The first-order valence-electron chi connectivity index (χ1n) is 5.00. The van der Waals surface area contributed by atoms with E-state index in [1.54, 1.807) is 0 Å². The van der Waals surface area contributed by atoms with Crippen LogP contribution in [0.2, 0.25) is 5.28 Å². The number of hydrogen-bond donors (Lipinski definition) is 0. The molecule has 0 saturated heterocycles. The Bertz CT molecular complexity index is 651. The number of ether oxygens (including phenoxy) is 1. The molecular weight excluding hydrogens is 367 g/mol. The maximum atomic E-state index is 13.4. The molecule has 20 heavy (non-hydrogen) atoms. The van der Waals surface area contributed by atoms with Crippen LogP contribution in [0, 0.1) is 5.82 Å². The lowest BCUT2D eigenvalue weighted by atomic mass is 10.3. The van der Waals surface area contributed by atoms with Crippen molar-refractivity contribution in [2.45, 2.75) is 6.18 Å². The molecule has 0 amide bonds. The average molecular weight is 372 g/mol. The summed E-state index contributed by atoms with van der Waals surface area (Å²) in [4.78, 5) is 6.50. The summed E-state index contributed by atoms with van der Waals surface area (Å²) < 4.78 is 56.5. The van der Waals surface area contributed by atoms with Crippen molar-refractivity contribution in [1.29, 1.82) is 0 Å². The summed E-state index contributed by atoms with van der Waals surface area (Å²) >= 11 is 8.47. The van der Waals surface area contributed by atoms with Gasteiger partial charge in [0.05, 0.1) is 0 Å². The summed E-state index contributed by atoms with van der Waals surface area (Å²) in [7, 11) is 0. The van der Waals surface area contributed by atoms with Gasteiger partial charge in [-0.05, 0) is 29.8 Å². The van der Waals surface area contributed by atoms with Gasteiger partial charge in [0.2, 0.25) is 11.2 Å². The third-order valence-electron chi connectivity index (χ3n) is 2.07. The number of hydrogen-bond acceptors (Lipinski definition) is 3. The number of rotatable bonds is 2. The molecular formula is C11H4BrClF4N2O. The highest BCUT2D eigenvalue weighted by atomic mass is 79.9. The second-order valence-electron chi connectivity index (χ2n) is 3.54. The Balaban J connectivity index is 2.39. The van der Waals surface area contributed by atoms with E-state index in [2.05, 4.69) is 25.9 Å². The minimum absolute atomic E-state index is 0.290. The predicted octanol–water partition coefficient (Wildman–Crippen LogP) is 4.84. The topological polar surface area (TPSA) is 35.0 Å². The third-order valence-corrected chi connectivity index (χ3v) is 2.74. The van der Waals surface area contributed by atoms with Gasteiger partial charge in [-0.15, -0.1) is 0 Å². The fraction of sp³-hybridized carbons (Fsp3) is 0.0909. The summed E-state index contributed by atoms with van der Waals surface area (Å²) in [6.45, 7) is 0. The minimum atomic E-state index is -4.71. The first kappa shape index (κ1) is 15.0. The number of benzene rings is 1. The van der Waals surface area contributed by atoms with Gasteiger partial charge in [0.1, 0.15) is 0 Å². The smallest absolute Gasteiger partial charge is 0.433 e. The molecule has 0 aliphatic rings. The molecule has 1 aromatic carbocycles. The van der Waals surface area contributed by atoms with Crippen molar-refractivity contribution in [3.05, 3.63) is 45.5 Å². The molecule has 0 N–H and O–H groups in total. The molecule has 106 valence electrons. The summed E-state index contributed by atoms with van der Waals surface area (Å²) in [6.07, 6.45) is -4.71. The van der Waals surface area contributed by atoms with Crippen LogP contribution in [-0.2, 0) is 6.18 Å². The highest BCUT2D eigenvalue weighted by Gasteiger charge is 2.34. The van der Waals surface area contributed by atoms with Crippen LogP contribution < -0.4 is 4.74 Å². The van der Waals surface area contributed by atoms with Gasteiger partial charge in [-0.25, -0.2) is 9.37 Å². The maximum absolute atomic E-state index is 13.4. The van der Waals surface area contributed by atoms with Gasteiger partial charge in [0, 0.05) is 10.5 Å². The van der Waals surface area contributed by atoms with Gasteiger partial charge >= 0.3 is 6.18 Å². The molecule has 1 heterocycles. The largest absolute Gasteiger partial charge is 0.436 e. The maximum Gasteiger partial charge on any atom is 0.433 e. The van der Waals surface area contributed by atoms with E-state index in [-0.39, 0.29) is 5.75 Å². The van der Waals surface area contributed by atoms with Gasteiger partial charge < -0.3 is 4.74 Å². The van der Waals surface area contributed by atoms with Gasteiger partial charge in [-0.3, -0.25) is 0 Å². The lowest BCUT2D eigenvalue weighted by Crippen LogP contribution is -2.09. The summed E-state index contributed by atoms with van der Waals surface area (Å²) in [5.74, 6) is -1.55. The van der Waals surface area contributed by atoms with E-state index in [4.69, 9.17) is 16.3 Å². The molecule has 0 bridgehead atoms. The highest BCUT2D eigenvalue weighted by Crippen LogP contribution is 2.32. The van der Waals surface area contributed by atoms with E-state index >= 15 is 0 Å². The molecule has 0 aliphatic carbocycles. The number of nitrogens with zero attached hydrogens (tertiary/aromatic N) is 2. The lowest BCUT2D eigenvalue weighted by Gasteiger charge is -2.09. The van der Waals surface area contributed by atoms with Crippen molar-refractivity contribution in [2.75, 3.05) is 0 Å². The van der Waals surface area contributed by atoms with Gasteiger partial charge in [-0.2, -0.15) is 18.2 Å². The molecule has 0 aliphatic heterocycles. The zero-order valence-corrected chi connectivity index (χ0v) is 11.7. The number of alkyl halides is 3. The third kappa shape index (κ3) is 3.57. The molecule has 0 spiro atoms. The SMILES string of the molecule is Fc1ccc(Br)cc1Oc1cc(C(F)(F)F)nc(Cl)n1. The molecule has 0 saturated carbocycles. The molecule has 3 nitrogen and oxygen atoms in total. The summed E-state index contributed by atoms with van der Waals surface area (Å²) in [5, 5.41) is -0.648. The van der Waals surface area contributed by atoms with Crippen molar-refractivity contribution in [2.24, 2.45) is 0 Å². The van der Waals surface area contributed by atoms with Crippen LogP contribution in [-0.4, -0.2) is 9.97 Å². The van der Waals surface area contributed by atoms with Crippen molar-refractivity contribution in [1.82, 2.24) is 9.97 Å². The Morgan fingerprint density at radius 1 is 1.15 bits per heavy atom. The second-order valence-corrected chi connectivity index (χ2v) is 4.79. The van der Waals surface area contributed by atoms with E-state index in [1.165, 1.54) is 12.1 Å². The minimum Gasteiger partial charge on any atom is -0.436 e. The van der Waals surface area contributed by atoms with Crippen LogP contribution in [0.4, 0.5) is 17.6 Å². The molecule has 0 fully saturated rings. The van der Waals surface area contributed by atoms with Gasteiger partial charge in [0.15, 0.2) is 17.3 Å². The van der Waals surface area contributed by atoms with E-state index < -0.39 is 28.9 Å². The predicted molar refractivity (Wildman–Crippen MR) is 66.2 cm³/mol. The Morgan fingerprint density at radius 3 is 2.50 bits per heavy atom. The Morgan fingerprint density at radius 2 is 1.85 bits per heavy atom. The van der Waals surface area contributed by atoms with Crippen LogP contribution >= 0.6 is 27.5 Å². The van der Waals surface area contributed by atoms with Gasteiger partial charge in [0.25, 0.3) is 0 Å². The molecule has 9 heteroatoms. The molecule has 0 radical (unpaired) electrons.